The van der Waals surface area contributed by atoms with E-state index in [1.165, 1.54) is 0 Å². The number of hydrogen-bond acceptors (Lipinski definition) is 10. The topological polar surface area (TPSA) is 152 Å². The standard InChI is InChI=1S/C34H48O10/c1-16-12-25(43-29(40)17(16)2)33(5)23-9-11-34(44-33)21-7-6-18-13-19(41-30-28(39)27(38)26(37)22(15-35)42-30)14-24(36)32(18,4)20(21)8-10-31(23,34)3/h6,19-23,25-28,30,35,37-39H,7-15H2,1-5H3/t19-,20+,21-,22-,23-,25-,26-,27+,28-,30-,31-,32+,33-,34-/m1/s1. The Morgan fingerprint density at radius 3 is 2.41 bits per heavy atom. The first-order chi connectivity index (χ1) is 20.7. The molecule has 2 saturated heterocycles. The van der Waals surface area contributed by atoms with Crippen molar-refractivity contribution in [2.45, 2.75) is 140 Å². The van der Waals surface area contributed by atoms with Gasteiger partial charge in [0.2, 0.25) is 0 Å². The molecule has 2 bridgehead atoms. The summed E-state index contributed by atoms with van der Waals surface area (Å²) in [5, 5.41) is 40.5. The van der Waals surface area contributed by atoms with Gasteiger partial charge in [-0.1, -0.05) is 24.1 Å². The normalized spacial score (nSPS) is 53.5. The average Bonchev–Trinajstić information content (AvgIpc) is 3.40. The lowest BCUT2D eigenvalue weighted by Gasteiger charge is -2.60. The summed E-state index contributed by atoms with van der Waals surface area (Å²) in [6.45, 7) is 9.92. The van der Waals surface area contributed by atoms with Crippen LogP contribution in [0.2, 0.25) is 0 Å². The Morgan fingerprint density at radius 2 is 1.70 bits per heavy atom. The van der Waals surface area contributed by atoms with E-state index in [-0.39, 0.29) is 47.4 Å². The van der Waals surface area contributed by atoms with Crippen molar-refractivity contribution in [1.29, 1.82) is 0 Å². The van der Waals surface area contributed by atoms with Gasteiger partial charge in [-0.2, -0.15) is 0 Å². The number of aliphatic hydroxyl groups excluding tert-OH is 4. The third-order valence-corrected chi connectivity index (χ3v) is 13.7. The number of rotatable bonds is 4. The lowest BCUT2D eigenvalue weighted by atomic mass is 9.46. The molecule has 0 aromatic rings. The molecule has 5 fully saturated rings. The van der Waals surface area contributed by atoms with Crippen LogP contribution in [0.15, 0.2) is 22.8 Å². The quantitative estimate of drug-likeness (QED) is 0.274. The summed E-state index contributed by atoms with van der Waals surface area (Å²) in [4.78, 5) is 26.9. The molecule has 4 N–H and O–H groups in total. The van der Waals surface area contributed by atoms with Crippen LogP contribution in [0, 0.1) is 28.6 Å². The van der Waals surface area contributed by atoms with Crippen LogP contribution >= 0.6 is 0 Å². The van der Waals surface area contributed by atoms with Gasteiger partial charge in [-0.3, -0.25) is 4.79 Å². The highest BCUT2D eigenvalue weighted by molar-refractivity contribution is 5.90. The van der Waals surface area contributed by atoms with Crippen molar-refractivity contribution in [2.75, 3.05) is 6.61 Å². The molecule has 10 nitrogen and oxygen atoms in total. The van der Waals surface area contributed by atoms with E-state index >= 15 is 0 Å². The minimum Gasteiger partial charge on any atom is -0.456 e. The zero-order valence-corrected chi connectivity index (χ0v) is 26.5. The van der Waals surface area contributed by atoms with Gasteiger partial charge < -0.3 is 39.4 Å². The highest BCUT2D eigenvalue weighted by Crippen LogP contribution is 2.75. The number of fused-ring (bicyclic) bond motifs is 3. The fourth-order valence-corrected chi connectivity index (χ4v) is 11.0. The van der Waals surface area contributed by atoms with Crippen LogP contribution in [0.4, 0.5) is 0 Å². The Kier molecular flexibility index (Phi) is 7.16. The van der Waals surface area contributed by atoms with E-state index in [9.17, 15) is 30.0 Å². The van der Waals surface area contributed by atoms with Gasteiger partial charge in [0.15, 0.2) is 6.29 Å². The molecule has 10 heteroatoms. The number of cyclic esters (lactones) is 1. The molecule has 3 saturated carbocycles. The molecule has 3 aliphatic heterocycles. The van der Waals surface area contributed by atoms with Crippen molar-refractivity contribution < 1.29 is 49.0 Å². The Labute approximate surface area is 258 Å². The molecule has 0 radical (unpaired) electrons. The van der Waals surface area contributed by atoms with E-state index in [0.29, 0.717) is 18.4 Å². The molecule has 7 rings (SSSR count). The number of hydrogen-bond donors (Lipinski definition) is 4. The maximum Gasteiger partial charge on any atom is 0.334 e. The second kappa shape index (κ2) is 10.2. The van der Waals surface area contributed by atoms with Crippen molar-refractivity contribution in [3.05, 3.63) is 22.8 Å². The molecule has 4 aliphatic carbocycles. The van der Waals surface area contributed by atoms with Crippen molar-refractivity contribution >= 4 is 11.8 Å². The van der Waals surface area contributed by atoms with Gasteiger partial charge in [-0.25, -0.2) is 4.79 Å². The van der Waals surface area contributed by atoms with Gasteiger partial charge >= 0.3 is 5.97 Å². The molecule has 0 spiro atoms. The number of ketones is 1. The number of aliphatic hydroxyl groups is 4. The zero-order chi connectivity index (χ0) is 31.6. The van der Waals surface area contributed by atoms with Crippen molar-refractivity contribution in [2.24, 2.45) is 28.6 Å². The van der Waals surface area contributed by atoms with Crippen LogP contribution in [-0.2, 0) is 28.5 Å². The zero-order valence-electron chi connectivity index (χ0n) is 26.5. The van der Waals surface area contributed by atoms with E-state index in [4.69, 9.17) is 18.9 Å². The largest absolute Gasteiger partial charge is 0.456 e. The average molecular weight is 617 g/mol. The van der Waals surface area contributed by atoms with Gasteiger partial charge in [0, 0.05) is 23.8 Å². The number of esters is 1. The van der Waals surface area contributed by atoms with E-state index < -0.39 is 60.0 Å². The maximum atomic E-state index is 14.2. The summed E-state index contributed by atoms with van der Waals surface area (Å²) in [7, 11) is 0. The van der Waals surface area contributed by atoms with Gasteiger partial charge in [0.05, 0.1) is 23.7 Å². The summed E-state index contributed by atoms with van der Waals surface area (Å²) in [5.74, 6) is 0.367. The maximum absolute atomic E-state index is 14.2. The lowest BCUT2D eigenvalue weighted by molar-refractivity contribution is -0.312. The first kappa shape index (κ1) is 31.0. The molecule has 7 aliphatic rings. The smallest absolute Gasteiger partial charge is 0.334 e. The van der Waals surface area contributed by atoms with Crippen LogP contribution in [0.3, 0.4) is 0 Å². The highest BCUT2D eigenvalue weighted by Gasteiger charge is 2.78. The molecular formula is C34H48O10. The van der Waals surface area contributed by atoms with Gasteiger partial charge in [0.25, 0.3) is 0 Å². The SMILES string of the molecule is CC1=C(C)C(=O)O[C@@H]([C@]2(C)O[C@@]34CC[C@@H]2[C@@]3(C)CC[C@H]2[C@H]4CC=C3C[C@@H](O[C@@H]4O[C@H](CO)[C@@H](O)[C@H](O)[C@H]4O)CC(=O)[C@@]32C)C1. The second-order valence-electron chi connectivity index (χ2n) is 15.4. The van der Waals surface area contributed by atoms with Crippen molar-refractivity contribution in [3.63, 3.8) is 0 Å². The van der Waals surface area contributed by atoms with Crippen LogP contribution in [0.25, 0.3) is 0 Å². The van der Waals surface area contributed by atoms with Gasteiger partial charge in [-0.15, -0.1) is 0 Å². The fourth-order valence-electron chi connectivity index (χ4n) is 11.0. The molecule has 0 aromatic carbocycles. The summed E-state index contributed by atoms with van der Waals surface area (Å²) in [6, 6.07) is 0. The van der Waals surface area contributed by atoms with Gasteiger partial charge in [-0.05, 0) is 84.0 Å². The number of ether oxygens (including phenoxy) is 4. The second-order valence-corrected chi connectivity index (χ2v) is 15.4. The summed E-state index contributed by atoms with van der Waals surface area (Å²) in [5.41, 5.74) is 1.06. The van der Waals surface area contributed by atoms with Crippen LogP contribution in [0.5, 0.6) is 0 Å². The van der Waals surface area contributed by atoms with Gasteiger partial charge in [0.1, 0.15) is 41.9 Å². The number of carbonyl (C=O) groups is 2. The van der Waals surface area contributed by atoms with E-state index in [0.717, 1.165) is 43.3 Å². The highest BCUT2D eigenvalue weighted by atomic mass is 16.7. The summed E-state index contributed by atoms with van der Waals surface area (Å²) >= 11 is 0. The van der Waals surface area contributed by atoms with Crippen molar-refractivity contribution in [1.82, 2.24) is 0 Å². The third-order valence-electron chi connectivity index (χ3n) is 13.7. The predicted octanol–water partition coefficient (Wildman–Crippen LogP) is 2.49. The van der Waals surface area contributed by atoms with Crippen LogP contribution in [0.1, 0.15) is 86.0 Å². The van der Waals surface area contributed by atoms with E-state index in [1.807, 2.05) is 13.8 Å². The van der Waals surface area contributed by atoms with E-state index in [1.54, 1.807) is 0 Å². The predicted molar refractivity (Wildman–Crippen MR) is 156 cm³/mol. The Morgan fingerprint density at radius 1 is 0.955 bits per heavy atom. The first-order valence-corrected chi connectivity index (χ1v) is 16.5. The molecule has 0 unspecified atom stereocenters. The van der Waals surface area contributed by atoms with E-state index in [2.05, 4.69) is 26.8 Å². The molecule has 244 valence electrons. The van der Waals surface area contributed by atoms with Crippen LogP contribution in [-0.4, -0.2) is 92.9 Å². The summed E-state index contributed by atoms with van der Waals surface area (Å²) in [6.07, 6.45) is 0.404. The summed E-state index contributed by atoms with van der Waals surface area (Å²) < 4.78 is 25.0. The minimum atomic E-state index is -1.53. The molecular weight excluding hydrogens is 568 g/mol. The number of allylic oxidation sites excluding steroid dienone is 1. The molecule has 14 atom stereocenters. The Bertz CT molecular complexity index is 1310. The lowest BCUT2D eigenvalue weighted by Crippen LogP contribution is -2.62. The Balaban J connectivity index is 1.15. The monoisotopic (exact) mass is 616 g/mol. The number of Topliss-reactive ketones (excluding diaryl/α,β-unsaturated/α-hetero) is 1. The minimum absolute atomic E-state index is 0.0758. The van der Waals surface area contributed by atoms with Crippen LogP contribution < -0.4 is 0 Å². The molecule has 44 heavy (non-hydrogen) atoms. The van der Waals surface area contributed by atoms with Crippen molar-refractivity contribution in [3.8, 4) is 0 Å². The fraction of sp³-hybridized carbons (Fsp3) is 0.824. The molecule has 0 amide bonds. The number of carbonyl (C=O) groups excluding carboxylic acids is 2. The molecule has 0 aromatic heterocycles. The molecule has 3 heterocycles. The first-order valence-electron chi connectivity index (χ1n) is 16.5. The third kappa shape index (κ3) is 3.91. The Hall–Kier alpha value is -1.66.